The fraction of sp³-hybridized carbons (Fsp3) is 0.333. The first-order chi connectivity index (χ1) is 20.5. The molecule has 0 N–H and O–H groups in total. The van der Waals surface area contributed by atoms with E-state index in [0.717, 1.165) is 10.4 Å². The minimum absolute atomic E-state index is 0.00345. The number of ether oxygens (including phenoxy) is 1. The molecule has 1 saturated heterocycles. The Hall–Kier alpha value is -3.50. The third kappa shape index (κ3) is 6.13. The van der Waals surface area contributed by atoms with Crippen LogP contribution in [0.2, 0.25) is 10.1 Å². The van der Waals surface area contributed by atoms with E-state index in [-0.39, 0.29) is 34.6 Å². The van der Waals surface area contributed by atoms with E-state index in [2.05, 4.69) is 60.0 Å². The first-order valence-electron chi connectivity index (χ1n) is 14.4. The van der Waals surface area contributed by atoms with Crippen LogP contribution in [0.5, 0.6) is 0 Å². The Morgan fingerprint density at radius 3 is 2.12 bits per heavy atom. The van der Waals surface area contributed by atoms with Gasteiger partial charge in [0.25, 0.3) is 8.32 Å². The van der Waals surface area contributed by atoms with Gasteiger partial charge in [0.1, 0.15) is 10.7 Å². The maximum Gasteiger partial charge on any atom is 0.261 e. The molecule has 4 aromatic rings. The number of carbonyl (C=O) groups is 1. The van der Waals surface area contributed by atoms with Gasteiger partial charge >= 0.3 is 0 Å². The van der Waals surface area contributed by atoms with E-state index in [1.807, 2.05) is 55.1 Å². The molecule has 0 saturated carbocycles. The van der Waals surface area contributed by atoms with Crippen molar-refractivity contribution in [3.05, 3.63) is 107 Å². The lowest BCUT2D eigenvalue weighted by Crippen LogP contribution is -2.66. The van der Waals surface area contributed by atoms with Gasteiger partial charge in [-0.15, -0.1) is 0 Å². The molecule has 0 bridgehead atoms. The highest BCUT2D eigenvalue weighted by molar-refractivity contribution is 6.99. The number of rotatable bonds is 8. The van der Waals surface area contributed by atoms with Gasteiger partial charge in [0.2, 0.25) is 5.78 Å². The van der Waals surface area contributed by atoms with E-state index in [1.54, 1.807) is 0 Å². The summed E-state index contributed by atoms with van der Waals surface area (Å²) >= 11 is 6.81. The number of nitrogens with zero attached hydrogens (tertiary/aromatic N) is 4. The van der Waals surface area contributed by atoms with Gasteiger partial charge in [-0.05, 0) is 29.3 Å². The maximum absolute atomic E-state index is 16.0. The molecule has 2 aromatic carbocycles. The van der Waals surface area contributed by atoms with Gasteiger partial charge in [-0.3, -0.25) is 9.78 Å². The van der Waals surface area contributed by atoms with E-state index in [9.17, 15) is 4.79 Å². The molecule has 2 atom stereocenters. The lowest BCUT2D eigenvalue weighted by atomic mass is 10.1. The van der Waals surface area contributed by atoms with Crippen LogP contribution >= 0.6 is 11.6 Å². The van der Waals surface area contributed by atoms with E-state index >= 15 is 4.39 Å². The van der Waals surface area contributed by atoms with E-state index < -0.39 is 25.6 Å². The zero-order valence-corrected chi connectivity index (χ0v) is 26.8. The Balaban J connectivity index is 1.68. The van der Waals surface area contributed by atoms with Crippen LogP contribution in [-0.2, 0) is 15.8 Å². The number of hydrogen-bond acceptors (Lipinski definition) is 7. The number of anilines is 1. The number of halogens is 2. The lowest BCUT2D eigenvalue weighted by Gasteiger charge is -2.43. The molecule has 0 aliphatic carbocycles. The Morgan fingerprint density at radius 1 is 1.02 bits per heavy atom. The predicted molar refractivity (Wildman–Crippen MR) is 169 cm³/mol. The Labute approximate surface area is 258 Å². The molecule has 1 aliphatic rings. The number of morpholine rings is 1. The molecular weight excluding hydrogens is 583 g/mol. The number of ketones is 1. The summed E-state index contributed by atoms with van der Waals surface area (Å²) in [6.07, 6.45) is 3.88. The van der Waals surface area contributed by atoms with Gasteiger partial charge in [-0.1, -0.05) is 93.0 Å². The average molecular weight is 619 g/mol. The minimum Gasteiger partial charge on any atom is -0.401 e. The summed E-state index contributed by atoms with van der Waals surface area (Å²) in [5.74, 6) is -1.59. The van der Waals surface area contributed by atoms with Crippen molar-refractivity contribution in [3.63, 3.8) is 0 Å². The van der Waals surface area contributed by atoms with Crippen LogP contribution in [0.1, 0.15) is 56.5 Å². The van der Waals surface area contributed by atoms with Gasteiger partial charge in [0, 0.05) is 25.5 Å². The van der Waals surface area contributed by atoms with Crippen LogP contribution < -0.4 is 15.3 Å². The number of benzene rings is 2. The second-order valence-corrected chi connectivity index (χ2v) is 16.6. The fourth-order valence-electron chi connectivity index (χ4n) is 5.98. The smallest absolute Gasteiger partial charge is 0.261 e. The summed E-state index contributed by atoms with van der Waals surface area (Å²) in [7, 11) is -3.00. The second-order valence-electron chi connectivity index (χ2n) is 11.9. The average Bonchev–Trinajstić information content (AvgIpc) is 2.99. The predicted octanol–water partition coefficient (Wildman–Crippen LogP) is 5.59. The zero-order valence-electron chi connectivity index (χ0n) is 25.1. The highest BCUT2D eigenvalue weighted by atomic mass is 35.5. The fourth-order valence-corrected chi connectivity index (χ4v) is 10.8. The monoisotopic (exact) mass is 618 g/mol. The first-order valence-corrected chi connectivity index (χ1v) is 16.7. The molecule has 1 aliphatic heterocycles. The normalized spacial score (nSPS) is 17.6. The Bertz CT molecular complexity index is 1520. The van der Waals surface area contributed by atoms with E-state index in [0.29, 0.717) is 24.5 Å². The molecule has 2 aromatic heterocycles. The molecule has 3 heterocycles. The molecule has 5 rings (SSSR count). The first kappa shape index (κ1) is 30.9. The number of aromatic nitrogens is 3. The largest absolute Gasteiger partial charge is 0.401 e. The van der Waals surface area contributed by atoms with Crippen LogP contribution in [0, 0.1) is 5.82 Å². The van der Waals surface area contributed by atoms with Crippen molar-refractivity contribution in [2.75, 3.05) is 18.0 Å². The standard InChI is InChI=1S/C33H36ClFN4O3Si/c1-22-19-39(20-23(2)42-22)31-27(38-30(29(35)28(31)34)32(40)26-18-36-16-17-37-26)21-41-43(33(3,4)5,24-12-8-6-9-13-24)25-14-10-7-11-15-25/h6-18,22-23H,19-21H2,1-5H3. The summed E-state index contributed by atoms with van der Waals surface area (Å²) in [6.45, 7) is 11.4. The highest BCUT2D eigenvalue weighted by Gasteiger charge is 2.50. The van der Waals surface area contributed by atoms with Crippen LogP contribution in [0.25, 0.3) is 0 Å². The minimum atomic E-state index is -3.00. The molecule has 224 valence electrons. The van der Waals surface area contributed by atoms with Gasteiger partial charge in [-0.2, -0.15) is 0 Å². The lowest BCUT2D eigenvalue weighted by molar-refractivity contribution is -0.00535. The Morgan fingerprint density at radius 2 is 1.60 bits per heavy atom. The van der Waals surface area contributed by atoms with Crippen molar-refractivity contribution in [3.8, 4) is 0 Å². The summed E-state index contributed by atoms with van der Waals surface area (Å²) in [4.78, 5) is 28.1. The summed E-state index contributed by atoms with van der Waals surface area (Å²) in [6, 6.07) is 20.4. The number of pyridine rings is 1. The number of carbonyl (C=O) groups excluding carboxylic acids is 1. The van der Waals surface area contributed by atoms with Crippen LogP contribution in [0.4, 0.5) is 10.1 Å². The maximum atomic E-state index is 16.0. The SMILES string of the molecule is CC1CN(c2c(CO[Si](c3ccccc3)(c3ccccc3)C(C)(C)C)nc(C(=O)c3cnccn3)c(F)c2Cl)CC(C)O1. The molecule has 43 heavy (non-hydrogen) atoms. The topological polar surface area (TPSA) is 77.4 Å². The van der Waals surface area contributed by atoms with E-state index in [1.165, 1.54) is 18.6 Å². The van der Waals surface area contributed by atoms with Gasteiger partial charge in [0.15, 0.2) is 11.5 Å². The van der Waals surface area contributed by atoms with Crippen LogP contribution in [0.3, 0.4) is 0 Å². The van der Waals surface area contributed by atoms with Gasteiger partial charge in [0.05, 0.1) is 36.4 Å². The van der Waals surface area contributed by atoms with E-state index in [4.69, 9.17) is 20.8 Å². The quantitative estimate of drug-likeness (QED) is 0.188. The van der Waals surface area contributed by atoms with Crippen molar-refractivity contribution >= 4 is 41.8 Å². The summed E-state index contributed by atoms with van der Waals surface area (Å²) < 4.78 is 29.1. The van der Waals surface area contributed by atoms with Gasteiger partial charge in [-0.25, -0.2) is 14.4 Å². The molecule has 10 heteroatoms. The highest BCUT2D eigenvalue weighted by Crippen LogP contribution is 2.40. The summed E-state index contributed by atoms with van der Waals surface area (Å²) in [5, 5.41) is 1.70. The van der Waals surface area contributed by atoms with Crippen molar-refractivity contribution in [2.45, 2.75) is 58.5 Å². The molecule has 2 unspecified atom stereocenters. The molecule has 0 spiro atoms. The summed E-state index contributed by atoms with van der Waals surface area (Å²) in [5.41, 5.74) is 0.359. The third-order valence-corrected chi connectivity index (χ3v) is 13.0. The third-order valence-electron chi connectivity index (χ3n) is 7.72. The van der Waals surface area contributed by atoms with Crippen LogP contribution in [0.15, 0.2) is 79.3 Å². The van der Waals surface area contributed by atoms with Crippen molar-refractivity contribution in [1.82, 2.24) is 15.0 Å². The van der Waals surface area contributed by atoms with Gasteiger partial charge < -0.3 is 14.1 Å². The number of hydrogen-bond donors (Lipinski definition) is 0. The van der Waals surface area contributed by atoms with Crippen molar-refractivity contribution in [2.24, 2.45) is 0 Å². The molecular formula is C33H36ClFN4O3Si. The molecule has 1 fully saturated rings. The molecule has 0 amide bonds. The van der Waals surface area contributed by atoms with Crippen LogP contribution in [-0.4, -0.2) is 54.4 Å². The molecule has 0 radical (unpaired) electrons. The Kier molecular flexibility index (Phi) is 9.08. The zero-order chi connectivity index (χ0) is 30.8. The molecule has 7 nitrogen and oxygen atoms in total. The second kappa shape index (κ2) is 12.6. The van der Waals surface area contributed by atoms with Crippen molar-refractivity contribution < 1.29 is 18.3 Å². The van der Waals surface area contributed by atoms with Crippen molar-refractivity contribution in [1.29, 1.82) is 0 Å².